The van der Waals surface area contributed by atoms with Gasteiger partial charge >= 0.3 is 5.97 Å². The minimum Gasteiger partial charge on any atom is -0.481 e. The molecule has 21 heavy (non-hydrogen) atoms. The molecule has 0 aliphatic heterocycles. The molecule has 7 nitrogen and oxygen atoms in total. The van der Waals surface area contributed by atoms with E-state index >= 15 is 0 Å². The Kier molecular flexibility index (Phi) is 4.32. The predicted octanol–water partition coefficient (Wildman–Crippen LogP) is 2.44. The number of nitro groups is 1. The number of aliphatic carboxylic acids is 1. The molecule has 1 heterocycles. The van der Waals surface area contributed by atoms with Gasteiger partial charge in [-0.2, -0.15) is 0 Å². The summed E-state index contributed by atoms with van der Waals surface area (Å²) in [6.45, 7) is 2.87. The molecule has 0 unspecified atom stereocenters. The number of aromatic nitrogens is 1. The van der Waals surface area contributed by atoms with Crippen LogP contribution in [-0.2, 0) is 4.79 Å². The Labute approximate surface area is 121 Å². The summed E-state index contributed by atoms with van der Waals surface area (Å²) in [7, 11) is 0. The highest BCUT2D eigenvalue weighted by Crippen LogP contribution is 2.32. The van der Waals surface area contributed by atoms with Gasteiger partial charge < -0.3 is 10.0 Å². The van der Waals surface area contributed by atoms with Crippen LogP contribution >= 0.6 is 0 Å². The summed E-state index contributed by atoms with van der Waals surface area (Å²) < 4.78 is 0. The van der Waals surface area contributed by atoms with Crippen LogP contribution in [0.1, 0.15) is 13.3 Å². The van der Waals surface area contributed by atoms with Crippen molar-refractivity contribution >= 4 is 28.1 Å². The molecular formula is C14H15N3O4. The molecule has 0 radical (unpaired) electrons. The van der Waals surface area contributed by atoms with Crippen LogP contribution in [0.25, 0.3) is 10.8 Å². The Hall–Kier alpha value is -2.70. The Balaban J connectivity index is 2.51. The SMILES string of the molecule is CCN(CCC(=O)O)c1ccc([N+](=O)[O-])c2cnccc12. The van der Waals surface area contributed by atoms with Gasteiger partial charge in [-0.1, -0.05) is 0 Å². The van der Waals surface area contributed by atoms with Crippen LogP contribution in [-0.4, -0.2) is 34.1 Å². The van der Waals surface area contributed by atoms with Gasteiger partial charge in [0.1, 0.15) is 0 Å². The Morgan fingerprint density at radius 3 is 2.76 bits per heavy atom. The minimum absolute atomic E-state index is 0.00358. The Morgan fingerprint density at radius 1 is 1.38 bits per heavy atom. The lowest BCUT2D eigenvalue weighted by Crippen LogP contribution is -2.26. The minimum atomic E-state index is -0.874. The van der Waals surface area contributed by atoms with E-state index in [9.17, 15) is 14.9 Å². The second-order valence-electron chi connectivity index (χ2n) is 4.51. The lowest BCUT2D eigenvalue weighted by atomic mass is 10.1. The van der Waals surface area contributed by atoms with Crippen LogP contribution in [0.5, 0.6) is 0 Å². The number of anilines is 1. The fourth-order valence-electron chi connectivity index (χ4n) is 2.27. The molecule has 7 heteroatoms. The summed E-state index contributed by atoms with van der Waals surface area (Å²) in [4.78, 5) is 27.2. The van der Waals surface area contributed by atoms with Gasteiger partial charge in [-0.05, 0) is 19.1 Å². The quantitative estimate of drug-likeness (QED) is 0.648. The monoisotopic (exact) mass is 289 g/mol. The summed E-state index contributed by atoms with van der Waals surface area (Å²) in [6, 6.07) is 4.80. The molecule has 0 aliphatic carbocycles. The van der Waals surface area contributed by atoms with E-state index in [2.05, 4.69) is 4.98 Å². The fraction of sp³-hybridized carbons (Fsp3) is 0.286. The van der Waals surface area contributed by atoms with E-state index in [1.54, 1.807) is 18.3 Å². The maximum absolute atomic E-state index is 11.1. The van der Waals surface area contributed by atoms with Crippen LogP contribution in [0, 0.1) is 10.1 Å². The third kappa shape index (κ3) is 3.07. The van der Waals surface area contributed by atoms with Crippen molar-refractivity contribution in [3.8, 4) is 0 Å². The van der Waals surface area contributed by atoms with E-state index in [4.69, 9.17) is 5.11 Å². The Morgan fingerprint density at radius 2 is 2.14 bits per heavy atom. The number of carbonyl (C=O) groups is 1. The van der Waals surface area contributed by atoms with Gasteiger partial charge in [0, 0.05) is 42.6 Å². The average molecular weight is 289 g/mol. The lowest BCUT2D eigenvalue weighted by molar-refractivity contribution is -0.383. The van der Waals surface area contributed by atoms with E-state index in [0.29, 0.717) is 23.9 Å². The first kappa shape index (κ1) is 14.7. The van der Waals surface area contributed by atoms with Gasteiger partial charge in [-0.3, -0.25) is 19.9 Å². The largest absolute Gasteiger partial charge is 0.481 e. The summed E-state index contributed by atoms with van der Waals surface area (Å²) >= 11 is 0. The second-order valence-corrected chi connectivity index (χ2v) is 4.51. The lowest BCUT2D eigenvalue weighted by Gasteiger charge is -2.23. The van der Waals surface area contributed by atoms with Gasteiger partial charge in [0.15, 0.2) is 0 Å². The van der Waals surface area contributed by atoms with Gasteiger partial charge in [-0.15, -0.1) is 0 Å². The van der Waals surface area contributed by atoms with E-state index in [1.807, 2.05) is 11.8 Å². The van der Waals surface area contributed by atoms with E-state index in [1.165, 1.54) is 12.3 Å². The molecule has 0 saturated carbocycles. The third-order valence-corrected chi connectivity index (χ3v) is 3.29. The maximum Gasteiger partial charge on any atom is 0.305 e. The van der Waals surface area contributed by atoms with Crippen LogP contribution < -0.4 is 4.90 Å². The molecule has 1 aromatic carbocycles. The summed E-state index contributed by atoms with van der Waals surface area (Å²) in [5, 5.41) is 21.0. The topological polar surface area (TPSA) is 96.6 Å². The molecule has 2 rings (SSSR count). The molecule has 0 spiro atoms. The molecule has 2 aromatic rings. The standard InChI is InChI=1S/C14H15N3O4/c1-2-16(8-6-14(18)19)12-3-4-13(17(20)21)11-9-15-7-5-10(11)12/h3-5,7,9H,2,6,8H2,1H3,(H,18,19). The average Bonchev–Trinajstić information content (AvgIpc) is 2.47. The smallest absolute Gasteiger partial charge is 0.305 e. The maximum atomic E-state index is 11.1. The first-order chi connectivity index (χ1) is 10.0. The summed E-state index contributed by atoms with van der Waals surface area (Å²) in [6.07, 6.45) is 3.04. The number of pyridine rings is 1. The third-order valence-electron chi connectivity index (χ3n) is 3.29. The number of rotatable bonds is 6. The van der Waals surface area contributed by atoms with Crippen LogP contribution in [0.2, 0.25) is 0 Å². The van der Waals surface area contributed by atoms with Crippen LogP contribution in [0.3, 0.4) is 0 Å². The highest BCUT2D eigenvalue weighted by Gasteiger charge is 2.17. The molecule has 0 saturated heterocycles. The summed E-state index contributed by atoms with van der Waals surface area (Å²) in [5.74, 6) is -0.874. The zero-order chi connectivity index (χ0) is 15.4. The molecular weight excluding hydrogens is 274 g/mol. The van der Waals surface area contributed by atoms with Gasteiger partial charge in [0.25, 0.3) is 5.69 Å². The number of non-ortho nitro benzene ring substituents is 1. The molecule has 0 atom stereocenters. The molecule has 1 aromatic heterocycles. The number of hydrogen-bond donors (Lipinski definition) is 1. The number of carboxylic acid groups (broad SMARTS) is 1. The van der Waals surface area contributed by atoms with E-state index in [-0.39, 0.29) is 12.1 Å². The number of benzene rings is 1. The first-order valence-corrected chi connectivity index (χ1v) is 6.52. The van der Waals surface area contributed by atoms with Crippen LogP contribution in [0.15, 0.2) is 30.6 Å². The van der Waals surface area contributed by atoms with Crippen molar-refractivity contribution < 1.29 is 14.8 Å². The van der Waals surface area contributed by atoms with Gasteiger partial charge in [0.2, 0.25) is 0 Å². The van der Waals surface area contributed by atoms with E-state index in [0.717, 1.165) is 5.69 Å². The number of nitro benzene ring substituents is 1. The molecule has 110 valence electrons. The molecule has 1 N–H and O–H groups in total. The van der Waals surface area contributed by atoms with Crippen molar-refractivity contribution in [3.63, 3.8) is 0 Å². The van der Waals surface area contributed by atoms with E-state index < -0.39 is 10.9 Å². The van der Waals surface area contributed by atoms with Gasteiger partial charge in [0.05, 0.1) is 16.7 Å². The first-order valence-electron chi connectivity index (χ1n) is 6.52. The van der Waals surface area contributed by atoms with Crippen molar-refractivity contribution in [1.82, 2.24) is 4.98 Å². The summed E-state index contributed by atoms with van der Waals surface area (Å²) in [5.41, 5.74) is 0.776. The van der Waals surface area contributed by atoms with Crippen molar-refractivity contribution in [2.45, 2.75) is 13.3 Å². The number of carboxylic acids is 1. The number of hydrogen-bond acceptors (Lipinski definition) is 5. The second kappa shape index (κ2) is 6.17. The Bertz CT molecular complexity index is 687. The molecule has 0 fully saturated rings. The van der Waals surface area contributed by atoms with Crippen molar-refractivity contribution in [2.75, 3.05) is 18.0 Å². The van der Waals surface area contributed by atoms with Crippen molar-refractivity contribution in [3.05, 3.63) is 40.7 Å². The van der Waals surface area contributed by atoms with Gasteiger partial charge in [-0.25, -0.2) is 0 Å². The number of nitrogens with zero attached hydrogens (tertiary/aromatic N) is 3. The number of fused-ring (bicyclic) bond motifs is 1. The molecule has 0 aliphatic rings. The zero-order valence-electron chi connectivity index (χ0n) is 11.5. The molecule has 0 bridgehead atoms. The normalized spacial score (nSPS) is 10.5. The highest BCUT2D eigenvalue weighted by atomic mass is 16.6. The highest BCUT2D eigenvalue weighted by molar-refractivity contribution is 5.99. The fourth-order valence-corrected chi connectivity index (χ4v) is 2.27. The van der Waals surface area contributed by atoms with Crippen molar-refractivity contribution in [1.29, 1.82) is 0 Å². The van der Waals surface area contributed by atoms with Crippen molar-refractivity contribution in [2.24, 2.45) is 0 Å². The van der Waals surface area contributed by atoms with Crippen LogP contribution in [0.4, 0.5) is 11.4 Å². The zero-order valence-corrected chi connectivity index (χ0v) is 11.5. The predicted molar refractivity (Wildman–Crippen MR) is 78.5 cm³/mol. The molecule has 0 amide bonds.